The van der Waals surface area contributed by atoms with Gasteiger partial charge in [-0.25, -0.2) is 9.50 Å². The Labute approximate surface area is 139 Å². The van der Waals surface area contributed by atoms with E-state index in [9.17, 15) is 4.79 Å². The van der Waals surface area contributed by atoms with Gasteiger partial charge in [0.2, 0.25) is 0 Å². The zero-order valence-electron chi connectivity index (χ0n) is 13.0. The topological polar surface area (TPSA) is 59.3 Å². The summed E-state index contributed by atoms with van der Waals surface area (Å²) in [5, 5.41) is 7.48. The van der Waals surface area contributed by atoms with Crippen molar-refractivity contribution in [3.05, 3.63) is 64.6 Å². The average molecular weight is 329 g/mol. The van der Waals surface area contributed by atoms with Crippen LogP contribution in [0.2, 0.25) is 5.02 Å². The molecule has 0 saturated heterocycles. The normalized spacial score (nSPS) is 12.3. The molecule has 1 amide bonds. The monoisotopic (exact) mass is 328 g/mol. The molecule has 3 aromatic rings. The molecule has 0 saturated carbocycles. The molecule has 1 atom stereocenters. The largest absolute Gasteiger partial charge is 0.344 e. The Morgan fingerprint density at radius 2 is 2.09 bits per heavy atom. The molecule has 0 radical (unpaired) electrons. The summed E-state index contributed by atoms with van der Waals surface area (Å²) in [6.45, 7) is 4.06. The first-order valence-electron chi connectivity index (χ1n) is 7.46. The third-order valence-electron chi connectivity index (χ3n) is 3.75. The van der Waals surface area contributed by atoms with Crippen LogP contribution in [0.1, 0.15) is 41.0 Å². The molecule has 5 nitrogen and oxygen atoms in total. The standard InChI is InChI=1S/C17H17ClN4O/c1-3-13(12-7-5-11(2)6-8-12)20-17(23)15-14(18)16-19-9-4-10-22(16)21-15/h4-10,13H,3H2,1-2H3,(H,20,23)/t13-/m1/s1. The SMILES string of the molecule is CC[C@@H](NC(=O)c1nn2cccnc2c1Cl)c1ccc(C)cc1. The third kappa shape index (κ3) is 3.05. The molecule has 3 rings (SSSR count). The molecule has 1 aromatic carbocycles. The first-order chi connectivity index (χ1) is 11.1. The van der Waals surface area contributed by atoms with E-state index in [4.69, 9.17) is 11.6 Å². The molecule has 2 heterocycles. The van der Waals surface area contributed by atoms with Crippen molar-refractivity contribution in [2.24, 2.45) is 0 Å². The number of aromatic nitrogens is 3. The van der Waals surface area contributed by atoms with Gasteiger partial charge >= 0.3 is 0 Å². The van der Waals surface area contributed by atoms with E-state index in [1.165, 1.54) is 10.1 Å². The second kappa shape index (κ2) is 6.38. The summed E-state index contributed by atoms with van der Waals surface area (Å²) >= 11 is 6.24. The van der Waals surface area contributed by atoms with Crippen LogP contribution in [-0.2, 0) is 0 Å². The van der Waals surface area contributed by atoms with Crippen LogP contribution in [0.15, 0.2) is 42.7 Å². The van der Waals surface area contributed by atoms with Gasteiger partial charge in [0.15, 0.2) is 11.3 Å². The number of nitrogens with one attached hydrogen (secondary N) is 1. The average Bonchev–Trinajstić information content (AvgIpc) is 2.91. The van der Waals surface area contributed by atoms with Crippen molar-refractivity contribution in [3.63, 3.8) is 0 Å². The molecule has 0 bridgehead atoms. The van der Waals surface area contributed by atoms with Gasteiger partial charge in [-0.05, 0) is 25.0 Å². The fourth-order valence-electron chi connectivity index (χ4n) is 2.45. The van der Waals surface area contributed by atoms with Crippen LogP contribution in [0.4, 0.5) is 0 Å². The summed E-state index contributed by atoms with van der Waals surface area (Å²) in [7, 11) is 0. The maximum Gasteiger partial charge on any atom is 0.273 e. The molecule has 0 spiro atoms. The summed E-state index contributed by atoms with van der Waals surface area (Å²) in [5.41, 5.74) is 2.91. The van der Waals surface area contributed by atoms with Crippen molar-refractivity contribution in [2.75, 3.05) is 0 Å². The van der Waals surface area contributed by atoms with Crippen molar-refractivity contribution in [2.45, 2.75) is 26.3 Å². The maximum absolute atomic E-state index is 12.5. The van der Waals surface area contributed by atoms with Gasteiger partial charge in [0.25, 0.3) is 5.91 Å². The quantitative estimate of drug-likeness (QED) is 0.796. The van der Waals surface area contributed by atoms with Crippen LogP contribution in [0.3, 0.4) is 0 Å². The van der Waals surface area contributed by atoms with Crippen molar-refractivity contribution >= 4 is 23.2 Å². The van der Waals surface area contributed by atoms with Gasteiger partial charge in [0.05, 0.1) is 6.04 Å². The zero-order chi connectivity index (χ0) is 16.4. The Morgan fingerprint density at radius 1 is 1.35 bits per heavy atom. The van der Waals surface area contributed by atoms with Crippen LogP contribution >= 0.6 is 11.6 Å². The first-order valence-corrected chi connectivity index (χ1v) is 7.84. The Morgan fingerprint density at radius 3 is 2.74 bits per heavy atom. The van der Waals surface area contributed by atoms with Crippen LogP contribution in [0, 0.1) is 6.92 Å². The van der Waals surface area contributed by atoms with Crippen LogP contribution in [0.5, 0.6) is 0 Å². The predicted octanol–water partition coefficient (Wildman–Crippen LogP) is 3.57. The van der Waals surface area contributed by atoms with Crippen molar-refractivity contribution in [1.29, 1.82) is 0 Å². The van der Waals surface area contributed by atoms with E-state index in [-0.39, 0.29) is 22.7 Å². The number of carbonyl (C=O) groups is 1. The second-order valence-corrected chi connectivity index (χ2v) is 5.77. The molecular formula is C17H17ClN4O. The molecule has 0 aliphatic rings. The lowest BCUT2D eigenvalue weighted by Crippen LogP contribution is -2.28. The second-order valence-electron chi connectivity index (χ2n) is 5.40. The van der Waals surface area contributed by atoms with E-state index in [1.54, 1.807) is 18.5 Å². The van der Waals surface area contributed by atoms with Gasteiger partial charge < -0.3 is 5.32 Å². The lowest BCUT2D eigenvalue weighted by Gasteiger charge is -2.17. The van der Waals surface area contributed by atoms with Gasteiger partial charge in [0, 0.05) is 12.4 Å². The lowest BCUT2D eigenvalue weighted by molar-refractivity contribution is 0.0930. The summed E-state index contributed by atoms with van der Waals surface area (Å²) in [6.07, 6.45) is 4.10. The number of carbonyl (C=O) groups excluding carboxylic acids is 1. The van der Waals surface area contributed by atoms with E-state index < -0.39 is 0 Å². The summed E-state index contributed by atoms with van der Waals surface area (Å²) in [4.78, 5) is 16.7. The van der Waals surface area contributed by atoms with Crippen LogP contribution < -0.4 is 5.32 Å². The highest BCUT2D eigenvalue weighted by molar-refractivity contribution is 6.36. The highest BCUT2D eigenvalue weighted by Crippen LogP contribution is 2.22. The number of aryl methyl sites for hydroxylation is 1. The predicted molar refractivity (Wildman–Crippen MR) is 89.7 cm³/mol. The Hall–Kier alpha value is -2.40. The summed E-state index contributed by atoms with van der Waals surface area (Å²) in [6, 6.07) is 9.77. The number of hydrogen-bond acceptors (Lipinski definition) is 3. The molecule has 2 aromatic heterocycles. The smallest absolute Gasteiger partial charge is 0.273 e. The lowest BCUT2D eigenvalue weighted by atomic mass is 10.0. The molecule has 0 fully saturated rings. The fourth-order valence-corrected chi connectivity index (χ4v) is 2.71. The molecular weight excluding hydrogens is 312 g/mol. The molecule has 118 valence electrons. The number of amides is 1. The summed E-state index contributed by atoms with van der Waals surface area (Å²) < 4.78 is 1.50. The molecule has 0 aliphatic heterocycles. The number of rotatable bonds is 4. The van der Waals surface area contributed by atoms with E-state index in [1.807, 2.05) is 38.1 Å². The Kier molecular flexibility index (Phi) is 4.30. The highest BCUT2D eigenvalue weighted by atomic mass is 35.5. The van der Waals surface area contributed by atoms with Gasteiger partial charge in [-0.15, -0.1) is 0 Å². The van der Waals surface area contributed by atoms with Gasteiger partial charge in [0.1, 0.15) is 5.02 Å². The zero-order valence-corrected chi connectivity index (χ0v) is 13.7. The molecule has 6 heteroatoms. The number of fused-ring (bicyclic) bond motifs is 1. The highest BCUT2D eigenvalue weighted by Gasteiger charge is 2.21. The summed E-state index contributed by atoms with van der Waals surface area (Å²) in [5.74, 6) is -0.298. The number of hydrogen-bond donors (Lipinski definition) is 1. The van der Waals surface area contributed by atoms with Crippen molar-refractivity contribution < 1.29 is 4.79 Å². The third-order valence-corrected chi connectivity index (χ3v) is 4.10. The van der Waals surface area contributed by atoms with Gasteiger partial charge in [-0.1, -0.05) is 48.4 Å². The molecule has 0 aliphatic carbocycles. The van der Waals surface area contributed by atoms with Crippen molar-refractivity contribution in [3.8, 4) is 0 Å². The van der Waals surface area contributed by atoms with E-state index in [0.29, 0.717) is 5.65 Å². The number of nitrogens with zero attached hydrogens (tertiary/aromatic N) is 3. The fraction of sp³-hybridized carbons (Fsp3) is 0.235. The first kappa shape index (κ1) is 15.5. The van der Waals surface area contributed by atoms with E-state index in [2.05, 4.69) is 15.4 Å². The van der Waals surface area contributed by atoms with Gasteiger partial charge in [-0.2, -0.15) is 5.10 Å². The molecule has 0 unspecified atom stereocenters. The minimum absolute atomic E-state index is 0.0862. The molecule has 1 N–H and O–H groups in total. The number of benzene rings is 1. The van der Waals surface area contributed by atoms with Crippen LogP contribution in [-0.4, -0.2) is 20.5 Å². The molecule has 23 heavy (non-hydrogen) atoms. The minimum atomic E-state index is -0.298. The van der Waals surface area contributed by atoms with Gasteiger partial charge in [-0.3, -0.25) is 4.79 Å². The van der Waals surface area contributed by atoms with Crippen LogP contribution in [0.25, 0.3) is 5.65 Å². The van der Waals surface area contributed by atoms with Crippen molar-refractivity contribution in [1.82, 2.24) is 19.9 Å². The van der Waals surface area contributed by atoms with E-state index in [0.717, 1.165) is 12.0 Å². The Balaban J connectivity index is 1.86. The minimum Gasteiger partial charge on any atom is -0.344 e. The number of halogens is 1. The van der Waals surface area contributed by atoms with E-state index >= 15 is 0 Å². The Bertz CT molecular complexity index is 841. The maximum atomic E-state index is 12.5.